The van der Waals surface area contributed by atoms with Crippen LogP contribution in [0.15, 0.2) is 42.5 Å². The highest BCUT2D eigenvalue weighted by Crippen LogP contribution is 2.24. The quantitative estimate of drug-likeness (QED) is 0.730. The third-order valence-corrected chi connectivity index (χ3v) is 4.18. The highest BCUT2D eigenvalue weighted by Gasteiger charge is 2.21. The lowest BCUT2D eigenvalue weighted by molar-refractivity contribution is -0.140. The number of rotatable bonds is 8. The van der Waals surface area contributed by atoms with Crippen LogP contribution in [-0.4, -0.2) is 17.1 Å². The number of carbonyl (C=O) groups is 1. The zero-order valence-corrected chi connectivity index (χ0v) is 15.5. The fourth-order valence-corrected chi connectivity index (χ4v) is 2.81. The molecule has 2 rings (SSSR count). The molecule has 0 amide bonds. The molecule has 0 aliphatic rings. The van der Waals surface area contributed by atoms with Gasteiger partial charge in [0.25, 0.3) is 0 Å². The molecule has 0 saturated heterocycles. The van der Waals surface area contributed by atoms with Crippen molar-refractivity contribution >= 4 is 17.6 Å². The number of carboxylic acids is 1. The van der Waals surface area contributed by atoms with E-state index in [0.717, 1.165) is 11.1 Å². The predicted octanol–water partition coefficient (Wildman–Crippen LogP) is 4.43. The molecule has 2 aromatic carbocycles. The van der Waals surface area contributed by atoms with Gasteiger partial charge in [-0.2, -0.15) is 0 Å². The lowest BCUT2D eigenvalue weighted by Crippen LogP contribution is -2.40. The number of hydrogen-bond acceptors (Lipinski definition) is 3. The summed E-state index contributed by atoms with van der Waals surface area (Å²) in [5.74, 6) is -0.182. The largest absolute Gasteiger partial charge is 0.489 e. The molecule has 0 bridgehead atoms. The molecular formula is C20H24ClNO3. The summed E-state index contributed by atoms with van der Waals surface area (Å²) < 4.78 is 5.94. The van der Waals surface area contributed by atoms with Crippen LogP contribution < -0.4 is 10.1 Å². The maximum absolute atomic E-state index is 11.3. The van der Waals surface area contributed by atoms with Gasteiger partial charge in [0.15, 0.2) is 0 Å². The van der Waals surface area contributed by atoms with E-state index in [0.29, 0.717) is 23.9 Å². The van der Waals surface area contributed by atoms with Crippen LogP contribution in [0.1, 0.15) is 30.5 Å². The molecule has 1 unspecified atom stereocenters. The average Bonchev–Trinajstić information content (AvgIpc) is 2.53. The van der Waals surface area contributed by atoms with Crippen molar-refractivity contribution in [2.75, 3.05) is 0 Å². The molecule has 2 aromatic rings. The minimum Gasteiger partial charge on any atom is -0.489 e. The molecule has 25 heavy (non-hydrogen) atoms. The number of ether oxygens (including phenoxy) is 1. The van der Waals surface area contributed by atoms with Gasteiger partial charge in [0.1, 0.15) is 18.4 Å². The molecule has 0 aliphatic heterocycles. The second kappa shape index (κ2) is 8.88. The van der Waals surface area contributed by atoms with E-state index in [4.69, 9.17) is 16.3 Å². The summed E-state index contributed by atoms with van der Waals surface area (Å²) in [5.41, 5.74) is 3.10. The number of nitrogens with one attached hydrogen (secondary N) is 1. The van der Waals surface area contributed by atoms with Crippen LogP contribution in [0.25, 0.3) is 0 Å². The fraction of sp³-hybridized carbons (Fsp3) is 0.350. The summed E-state index contributed by atoms with van der Waals surface area (Å²) >= 11 is 6.10. The summed E-state index contributed by atoms with van der Waals surface area (Å²) in [7, 11) is 0. The Morgan fingerprint density at radius 1 is 1.24 bits per heavy atom. The van der Waals surface area contributed by atoms with Crippen molar-refractivity contribution in [2.45, 2.75) is 40.0 Å². The Morgan fingerprint density at radius 3 is 2.64 bits per heavy atom. The highest BCUT2D eigenvalue weighted by atomic mass is 35.5. The summed E-state index contributed by atoms with van der Waals surface area (Å²) in [4.78, 5) is 11.3. The summed E-state index contributed by atoms with van der Waals surface area (Å²) in [6.45, 7) is 6.61. The van der Waals surface area contributed by atoms with Crippen molar-refractivity contribution in [3.8, 4) is 5.75 Å². The van der Waals surface area contributed by atoms with Gasteiger partial charge in [-0.3, -0.25) is 10.1 Å². The van der Waals surface area contributed by atoms with Crippen LogP contribution in [0, 0.1) is 12.8 Å². The summed E-state index contributed by atoms with van der Waals surface area (Å²) in [5, 5.41) is 13.0. The van der Waals surface area contributed by atoms with E-state index in [9.17, 15) is 9.90 Å². The molecule has 0 spiro atoms. The molecule has 0 saturated carbocycles. The standard InChI is InChI=1S/C20H24ClNO3/c1-13(2)19(20(23)24)22-11-16-10-17(21)7-8-18(16)25-12-15-6-4-5-14(3)9-15/h4-10,13,19,22H,11-12H2,1-3H3,(H,23,24). The van der Waals surface area contributed by atoms with Crippen LogP contribution in [0.5, 0.6) is 5.75 Å². The zero-order valence-electron chi connectivity index (χ0n) is 14.8. The summed E-state index contributed by atoms with van der Waals surface area (Å²) in [6.07, 6.45) is 0. The minimum atomic E-state index is -0.862. The lowest BCUT2D eigenvalue weighted by Gasteiger charge is -2.19. The van der Waals surface area contributed by atoms with Crippen LogP contribution in [0.2, 0.25) is 5.02 Å². The number of aryl methyl sites for hydroxylation is 1. The fourth-order valence-electron chi connectivity index (χ4n) is 2.62. The Balaban J connectivity index is 2.10. The van der Waals surface area contributed by atoms with Crippen LogP contribution in [-0.2, 0) is 17.9 Å². The number of hydrogen-bond donors (Lipinski definition) is 2. The first-order valence-electron chi connectivity index (χ1n) is 8.29. The van der Waals surface area contributed by atoms with Gasteiger partial charge in [-0.25, -0.2) is 0 Å². The Morgan fingerprint density at radius 2 is 2.00 bits per heavy atom. The molecular weight excluding hydrogens is 338 g/mol. The van der Waals surface area contributed by atoms with Crippen molar-refractivity contribution in [3.05, 3.63) is 64.2 Å². The van der Waals surface area contributed by atoms with E-state index >= 15 is 0 Å². The third kappa shape index (κ3) is 5.76. The van der Waals surface area contributed by atoms with Gasteiger partial charge in [-0.15, -0.1) is 0 Å². The Bertz CT molecular complexity index is 731. The van der Waals surface area contributed by atoms with Gasteiger partial charge in [0.05, 0.1) is 0 Å². The first-order valence-corrected chi connectivity index (χ1v) is 8.67. The monoisotopic (exact) mass is 361 g/mol. The normalized spacial score (nSPS) is 12.2. The maximum atomic E-state index is 11.3. The molecule has 134 valence electrons. The van der Waals surface area contributed by atoms with E-state index < -0.39 is 12.0 Å². The molecule has 0 fully saturated rings. The van der Waals surface area contributed by atoms with Crippen molar-refractivity contribution in [3.63, 3.8) is 0 Å². The van der Waals surface area contributed by atoms with Gasteiger partial charge in [0, 0.05) is 17.1 Å². The second-order valence-electron chi connectivity index (χ2n) is 6.47. The zero-order chi connectivity index (χ0) is 18.4. The highest BCUT2D eigenvalue weighted by molar-refractivity contribution is 6.30. The van der Waals surface area contributed by atoms with Gasteiger partial charge >= 0.3 is 5.97 Å². The van der Waals surface area contributed by atoms with Crippen LogP contribution in [0.3, 0.4) is 0 Å². The third-order valence-electron chi connectivity index (χ3n) is 3.94. The molecule has 0 radical (unpaired) electrons. The van der Waals surface area contributed by atoms with Crippen molar-refractivity contribution in [2.24, 2.45) is 5.92 Å². The van der Waals surface area contributed by atoms with Gasteiger partial charge in [-0.1, -0.05) is 55.3 Å². The SMILES string of the molecule is Cc1cccc(COc2ccc(Cl)cc2CNC(C(=O)O)C(C)C)c1. The lowest BCUT2D eigenvalue weighted by atomic mass is 10.0. The predicted molar refractivity (Wildman–Crippen MR) is 100 cm³/mol. The number of halogens is 1. The molecule has 0 aromatic heterocycles. The van der Waals surface area contributed by atoms with Crippen molar-refractivity contribution in [1.82, 2.24) is 5.32 Å². The second-order valence-corrected chi connectivity index (χ2v) is 6.91. The Hall–Kier alpha value is -2.04. The molecule has 0 aliphatic carbocycles. The first kappa shape index (κ1) is 19.3. The number of benzene rings is 2. The first-order chi connectivity index (χ1) is 11.9. The molecule has 5 heteroatoms. The Kier molecular flexibility index (Phi) is 6.85. The molecule has 4 nitrogen and oxygen atoms in total. The average molecular weight is 362 g/mol. The van der Waals surface area contributed by atoms with Crippen LogP contribution in [0.4, 0.5) is 0 Å². The van der Waals surface area contributed by atoms with Gasteiger partial charge in [0.2, 0.25) is 0 Å². The molecule has 0 heterocycles. The van der Waals surface area contributed by atoms with Crippen LogP contribution >= 0.6 is 11.6 Å². The van der Waals surface area contributed by atoms with Crippen molar-refractivity contribution in [1.29, 1.82) is 0 Å². The van der Waals surface area contributed by atoms with Gasteiger partial charge < -0.3 is 9.84 Å². The maximum Gasteiger partial charge on any atom is 0.320 e. The molecule has 2 N–H and O–H groups in total. The minimum absolute atomic E-state index is 0.0200. The smallest absolute Gasteiger partial charge is 0.320 e. The summed E-state index contributed by atoms with van der Waals surface area (Å²) in [6, 6.07) is 12.9. The van der Waals surface area contributed by atoms with E-state index in [1.54, 1.807) is 12.1 Å². The van der Waals surface area contributed by atoms with E-state index in [2.05, 4.69) is 11.4 Å². The van der Waals surface area contributed by atoms with Gasteiger partial charge in [-0.05, 0) is 36.6 Å². The molecule has 1 atom stereocenters. The number of carboxylic acid groups (broad SMARTS) is 1. The topological polar surface area (TPSA) is 58.6 Å². The Labute approximate surface area is 153 Å². The van der Waals surface area contributed by atoms with E-state index in [1.165, 1.54) is 5.56 Å². The number of aliphatic carboxylic acids is 1. The van der Waals surface area contributed by atoms with E-state index in [-0.39, 0.29) is 5.92 Å². The van der Waals surface area contributed by atoms with Crippen molar-refractivity contribution < 1.29 is 14.6 Å². The van der Waals surface area contributed by atoms with E-state index in [1.807, 2.05) is 45.0 Å².